The van der Waals surface area contributed by atoms with E-state index in [1.807, 2.05) is 22.7 Å². The van der Waals surface area contributed by atoms with Gasteiger partial charge in [0.2, 0.25) is 0 Å². The minimum absolute atomic E-state index is 0.000762. The van der Waals surface area contributed by atoms with Crippen molar-refractivity contribution in [2.45, 2.75) is 19.3 Å². The maximum absolute atomic E-state index is 2.34. The van der Waals surface area contributed by atoms with E-state index in [1.165, 1.54) is 37.8 Å². The van der Waals surface area contributed by atoms with Crippen molar-refractivity contribution in [1.82, 2.24) is 0 Å². The first-order valence-corrected chi connectivity index (χ1v) is 13.8. The molecule has 4 rings (SSSR count). The quantitative estimate of drug-likeness (QED) is 0.180. The first-order chi connectivity index (χ1) is 14.9. The summed E-state index contributed by atoms with van der Waals surface area (Å²) < 4.78 is 2.53. The molecule has 0 bridgehead atoms. The minimum Gasteiger partial charge on any atom is -0.140 e. The van der Waals surface area contributed by atoms with Gasteiger partial charge in [-0.2, -0.15) is 0 Å². The SMILES string of the molecule is CC(C)(c1ccc(C=Cc2ccc(I)cc2)s1)c1ccc(C=Cc2ccc(I)cc2)s1. The molecule has 0 fully saturated rings. The zero-order chi connectivity index (χ0) is 21.8. The second kappa shape index (κ2) is 10.1. The number of rotatable bonds is 6. The molecule has 31 heavy (non-hydrogen) atoms. The largest absolute Gasteiger partial charge is 0.140 e. The van der Waals surface area contributed by atoms with Crippen LogP contribution in [-0.2, 0) is 5.41 Å². The Bertz CT molecular complexity index is 1110. The highest BCUT2D eigenvalue weighted by molar-refractivity contribution is 14.1. The Labute approximate surface area is 220 Å². The van der Waals surface area contributed by atoms with Crippen molar-refractivity contribution in [2.24, 2.45) is 0 Å². The number of benzene rings is 2. The van der Waals surface area contributed by atoms with Crippen LogP contribution in [0, 0.1) is 7.14 Å². The van der Waals surface area contributed by atoms with E-state index < -0.39 is 0 Å². The molecule has 2 aromatic carbocycles. The molecule has 0 aliphatic rings. The Morgan fingerprint density at radius 1 is 0.548 bits per heavy atom. The number of halogens is 2. The maximum atomic E-state index is 2.34. The molecule has 0 saturated carbocycles. The molecule has 2 heterocycles. The van der Waals surface area contributed by atoms with Crippen LogP contribution < -0.4 is 0 Å². The number of hydrogen-bond acceptors (Lipinski definition) is 2. The Morgan fingerprint density at radius 3 is 1.32 bits per heavy atom. The van der Waals surface area contributed by atoms with Gasteiger partial charge in [-0.1, -0.05) is 50.3 Å². The fourth-order valence-corrected chi connectivity index (χ4v) is 6.02. The predicted molar refractivity (Wildman–Crippen MR) is 157 cm³/mol. The molecule has 4 heteroatoms. The van der Waals surface area contributed by atoms with E-state index in [1.54, 1.807) is 0 Å². The maximum Gasteiger partial charge on any atom is 0.0334 e. The lowest BCUT2D eigenvalue weighted by Gasteiger charge is -2.21. The van der Waals surface area contributed by atoms with Crippen LogP contribution in [0.15, 0.2) is 72.8 Å². The summed E-state index contributed by atoms with van der Waals surface area (Å²) in [6.45, 7) is 4.65. The molecule has 0 amide bonds. The van der Waals surface area contributed by atoms with Crippen LogP contribution in [0.25, 0.3) is 24.3 Å². The molecule has 0 unspecified atom stereocenters. The van der Waals surface area contributed by atoms with Crippen LogP contribution in [0.1, 0.15) is 44.5 Å². The smallest absolute Gasteiger partial charge is 0.0334 e. The fourth-order valence-electron chi connectivity index (χ4n) is 3.18. The standard InChI is InChI=1S/C27H22I2S2/c1-27(2,25-17-15-23(30-25)13-7-19-3-9-21(28)10-4-19)26-18-16-24(31-26)14-8-20-5-11-22(29)12-6-20/h3-18H,1-2H3. The molecule has 156 valence electrons. The number of thiophene rings is 2. The van der Waals surface area contributed by atoms with Crippen molar-refractivity contribution in [3.8, 4) is 0 Å². The lowest BCUT2D eigenvalue weighted by atomic mass is 9.90. The van der Waals surface area contributed by atoms with Crippen molar-refractivity contribution < 1.29 is 0 Å². The topological polar surface area (TPSA) is 0 Å². The fraction of sp³-hybridized carbons (Fsp3) is 0.111. The Morgan fingerprint density at radius 2 is 0.935 bits per heavy atom. The molecule has 0 aliphatic carbocycles. The van der Waals surface area contributed by atoms with Gasteiger partial charge in [0.1, 0.15) is 0 Å². The van der Waals surface area contributed by atoms with Crippen molar-refractivity contribution in [2.75, 3.05) is 0 Å². The monoisotopic (exact) mass is 664 g/mol. The van der Waals surface area contributed by atoms with E-state index >= 15 is 0 Å². The summed E-state index contributed by atoms with van der Waals surface area (Å²) in [4.78, 5) is 5.36. The third-order valence-electron chi connectivity index (χ3n) is 5.11. The second-order valence-electron chi connectivity index (χ2n) is 7.80. The van der Waals surface area contributed by atoms with Crippen molar-refractivity contribution in [3.63, 3.8) is 0 Å². The van der Waals surface area contributed by atoms with Crippen molar-refractivity contribution in [3.05, 3.63) is 111 Å². The van der Waals surface area contributed by atoms with Crippen molar-refractivity contribution >= 4 is 92.2 Å². The predicted octanol–water partition coefficient (Wildman–Crippen LogP) is 9.69. The first kappa shape index (κ1) is 23.0. The van der Waals surface area contributed by atoms with Gasteiger partial charge in [-0.15, -0.1) is 22.7 Å². The van der Waals surface area contributed by atoms with E-state index in [4.69, 9.17) is 0 Å². The summed E-state index contributed by atoms with van der Waals surface area (Å²) in [7, 11) is 0. The molecular formula is C27H22I2S2. The third-order valence-corrected chi connectivity index (χ3v) is 9.29. The Hall–Kier alpha value is -1.22. The lowest BCUT2D eigenvalue weighted by Crippen LogP contribution is -2.15. The Kier molecular flexibility index (Phi) is 7.52. The summed E-state index contributed by atoms with van der Waals surface area (Å²) >= 11 is 8.43. The summed E-state index contributed by atoms with van der Waals surface area (Å²) in [6, 6.07) is 26.2. The van der Waals surface area contributed by atoms with Gasteiger partial charge in [-0.3, -0.25) is 0 Å². The highest BCUT2D eigenvalue weighted by Crippen LogP contribution is 2.40. The van der Waals surface area contributed by atoms with Gasteiger partial charge < -0.3 is 0 Å². The van der Waals surface area contributed by atoms with Crippen LogP contribution in [-0.4, -0.2) is 0 Å². The van der Waals surface area contributed by atoms with Crippen molar-refractivity contribution in [1.29, 1.82) is 0 Å². The van der Waals surface area contributed by atoms with Gasteiger partial charge in [0.25, 0.3) is 0 Å². The average molecular weight is 664 g/mol. The van der Waals surface area contributed by atoms with Gasteiger partial charge in [-0.05, 0) is 117 Å². The van der Waals surface area contributed by atoms with E-state index in [2.05, 4.69) is 156 Å². The van der Waals surface area contributed by atoms with E-state index in [0.29, 0.717) is 0 Å². The van der Waals surface area contributed by atoms with E-state index in [-0.39, 0.29) is 5.41 Å². The van der Waals surface area contributed by atoms with Crippen LogP contribution >= 0.6 is 67.9 Å². The molecule has 0 nitrogen and oxygen atoms in total. The number of hydrogen-bond donors (Lipinski definition) is 0. The van der Waals surface area contributed by atoms with Gasteiger partial charge in [-0.25, -0.2) is 0 Å². The molecule has 0 spiro atoms. The highest BCUT2D eigenvalue weighted by atomic mass is 127. The van der Waals surface area contributed by atoms with Gasteiger partial charge >= 0.3 is 0 Å². The van der Waals surface area contributed by atoms with Crippen LogP contribution in [0.5, 0.6) is 0 Å². The Balaban J connectivity index is 1.48. The van der Waals surface area contributed by atoms with E-state index in [9.17, 15) is 0 Å². The molecule has 0 atom stereocenters. The highest BCUT2D eigenvalue weighted by Gasteiger charge is 2.26. The van der Waals surface area contributed by atoms with Crippen LogP contribution in [0.4, 0.5) is 0 Å². The van der Waals surface area contributed by atoms with Gasteiger partial charge in [0.15, 0.2) is 0 Å². The first-order valence-electron chi connectivity index (χ1n) is 9.98. The summed E-state index contributed by atoms with van der Waals surface area (Å²) in [6.07, 6.45) is 8.82. The van der Waals surface area contributed by atoms with Crippen LogP contribution in [0.2, 0.25) is 0 Å². The summed E-state index contributed by atoms with van der Waals surface area (Å²) in [5, 5.41) is 0. The lowest BCUT2D eigenvalue weighted by molar-refractivity contribution is 0.671. The average Bonchev–Trinajstić information content (AvgIpc) is 3.43. The van der Waals surface area contributed by atoms with Gasteiger partial charge in [0, 0.05) is 32.1 Å². The normalized spacial score (nSPS) is 12.3. The van der Waals surface area contributed by atoms with Crippen LogP contribution in [0.3, 0.4) is 0 Å². The molecule has 4 aromatic rings. The molecule has 2 aromatic heterocycles. The van der Waals surface area contributed by atoms with E-state index in [0.717, 1.165) is 0 Å². The minimum atomic E-state index is -0.000762. The van der Waals surface area contributed by atoms with Gasteiger partial charge in [0.05, 0.1) is 0 Å². The zero-order valence-corrected chi connectivity index (χ0v) is 23.3. The zero-order valence-electron chi connectivity index (χ0n) is 17.3. The summed E-state index contributed by atoms with van der Waals surface area (Å²) in [5.74, 6) is 0. The molecule has 0 saturated heterocycles. The summed E-state index contributed by atoms with van der Waals surface area (Å²) in [5.41, 5.74) is 2.47. The molecule has 0 aliphatic heterocycles. The molecule has 0 radical (unpaired) electrons. The third kappa shape index (κ3) is 5.97. The molecular weight excluding hydrogens is 642 g/mol. The molecule has 0 N–H and O–H groups in total. The second-order valence-corrected chi connectivity index (χ2v) is 12.5.